The summed E-state index contributed by atoms with van der Waals surface area (Å²) in [7, 11) is 0. The van der Waals surface area contributed by atoms with E-state index in [1.165, 1.54) is 0 Å². The molecule has 0 fully saturated rings. The van der Waals surface area contributed by atoms with Gasteiger partial charge < -0.3 is 5.11 Å². The van der Waals surface area contributed by atoms with Gasteiger partial charge in [0, 0.05) is 11.9 Å². The highest BCUT2D eigenvalue weighted by Crippen LogP contribution is 2.06. The van der Waals surface area contributed by atoms with E-state index in [4.69, 9.17) is 5.11 Å². The largest absolute Gasteiger partial charge is 0.393 e. The van der Waals surface area contributed by atoms with Crippen molar-refractivity contribution in [2.24, 2.45) is 0 Å². The van der Waals surface area contributed by atoms with Crippen molar-refractivity contribution in [1.82, 2.24) is 4.98 Å². The minimum absolute atomic E-state index is 0.280. The number of nitrogens with zero attached hydrogens (tertiary/aromatic N) is 1. The first-order valence-electron chi connectivity index (χ1n) is 3.78. The molecule has 2 nitrogen and oxygen atoms in total. The fraction of sp³-hybridized carbons (Fsp3) is 0.444. The van der Waals surface area contributed by atoms with E-state index in [2.05, 4.69) is 4.98 Å². The quantitative estimate of drug-likeness (QED) is 0.691. The lowest BCUT2D eigenvalue weighted by Crippen LogP contribution is -2.05. The van der Waals surface area contributed by atoms with Gasteiger partial charge in [-0.15, -0.1) is 0 Å². The zero-order chi connectivity index (χ0) is 8.27. The number of aliphatic hydroxyl groups is 1. The van der Waals surface area contributed by atoms with Gasteiger partial charge in [-0.3, -0.25) is 4.98 Å². The van der Waals surface area contributed by atoms with Gasteiger partial charge in [0.1, 0.15) is 0 Å². The average Bonchev–Trinajstić information content (AvgIpc) is 1.93. The van der Waals surface area contributed by atoms with Crippen molar-refractivity contribution in [3.05, 3.63) is 29.6 Å². The molecule has 0 aromatic carbocycles. The first-order chi connectivity index (χ1) is 5.20. The lowest BCUT2D eigenvalue weighted by molar-refractivity contribution is 0.195. The summed E-state index contributed by atoms with van der Waals surface area (Å²) in [6.07, 6.45) is 2.18. The van der Waals surface area contributed by atoms with E-state index >= 15 is 0 Å². The molecule has 0 spiro atoms. The van der Waals surface area contributed by atoms with Gasteiger partial charge in [-0.05, 0) is 31.9 Å². The van der Waals surface area contributed by atoms with E-state index in [1.807, 2.05) is 19.1 Å². The van der Waals surface area contributed by atoms with Crippen LogP contribution in [0.3, 0.4) is 0 Å². The molecule has 0 aliphatic carbocycles. The van der Waals surface area contributed by atoms with Crippen LogP contribution in [-0.4, -0.2) is 16.2 Å². The predicted octanol–water partition coefficient (Wildman–Crippen LogP) is 1.31. The summed E-state index contributed by atoms with van der Waals surface area (Å²) in [4.78, 5) is 4.12. The Morgan fingerprint density at radius 3 is 2.91 bits per heavy atom. The zero-order valence-electron chi connectivity index (χ0n) is 6.91. The molecule has 2 heteroatoms. The third-order valence-corrected chi connectivity index (χ3v) is 1.63. The van der Waals surface area contributed by atoms with Gasteiger partial charge in [-0.25, -0.2) is 0 Å². The SMILES string of the molecule is Cc1ncccc1C[C@@H](C)O. The summed E-state index contributed by atoms with van der Waals surface area (Å²) in [5.74, 6) is 0. The number of aryl methyl sites for hydroxylation is 1. The van der Waals surface area contributed by atoms with Crippen LogP contribution in [0, 0.1) is 6.92 Å². The van der Waals surface area contributed by atoms with Crippen molar-refractivity contribution in [3.8, 4) is 0 Å². The fourth-order valence-electron chi connectivity index (χ4n) is 1.05. The van der Waals surface area contributed by atoms with E-state index in [0.29, 0.717) is 6.42 Å². The standard InChI is InChI=1S/C9H13NO/c1-7(11)6-9-4-3-5-10-8(9)2/h3-5,7,11H,6H2,1-2H3/t7-/m1/s1. The summed E-state index contributed by atoms with van der Waals surface area (Å²) in [6, 6.07) is 3.89. The molecule has 1 atom stereocenters. The highest BCUT2D eigenvalue weighted by Gasteiger charge is 2.01. The maximum Gasteiger partial charge on any atom is 0.0553 e. The monoisotopic (exact) mass is 151 g/mol. The van der Waals surface area contributed by atoms with Crippen molar-refractivity contribution in [2.75, 3.05) is 0 Å². The summed E-state index contributed by atoms with van der Waals surface area (Å²) in [5.41, 5.74) is 2.14. The minimum atomic E-state index is -0.280. The van der Waals surface area contributed by atoms with Crippen molar-refractivity contribution < 1.29 is 5.11 Å². The molecule has 1 heterocycles. The van der Waals surface area contributed by atoms with Crippen LogP contribution < -0.4 is 0 Å². The second-order valence-corrected chi connectivity index (χ2v) is 2.80. The van der Waals surface area contributed by atoms with Gasteiger partial charge in [0.2, 0.25) is 0 Å². The van der Waals surface area contributed by atoms with Gasteiger partial charge in [0.05, 0.1) is 6.10 Å². The first-order valence-corrected chi connectivity index (χ1v) is 3.78. The topological polar surface area (TPSA) is 33.1 Å². The van der Waals surface area contributed by atoms with Crippen molar-refractivity contribution in [3.63, 3.8) is 0 Å². The highest BCUT2D eigenvalue weighted by atomic mass is 16.3. The van der Waals surface area contributed by atoms with Crippen LogP contribution in [0.4, 0.5) is 0 Å². The molecule has 0 saturated heterocycles. The van der Waals surface area contributed by atoms with Crippen LogP contribution in [0.15, 0.2) is 18.3 Å². The van der Waals surface area contributed by atoms with Crippen molar-refractivity contribution in [1.29, 1.82) is 0 Å². The van der Waals surface area contributed by atoms with Gasteiger partial charge in [-0.2, -0.15) is 0 Å². The Morgan fingerprint density at radius 1 is 1.64 bits per heavy atom. The number of pyridine rings is 1. The number of hydrogen-bond acceptors (Lipinski definition) is 2. The van der Waals surface area contributed by atoms with E-state index in [9.17, 15) is 0 Å². The molecular weight excluding hydrogens is 138 g/mol. The van der Waals surface area contributed by atoms with Gasteiger partial charge in [0.15, 0.2) is 0 Å². The summed E-state index contributed by atoms with van der Waals surface area (Å²) >= 11 is 0. The smallest absolute Gasteiger partial charge is 0.0553 e. The predicted molar refractivity (Wildman–Crippen MR) is 44.4 cm³/mol. The Labute approximate surface area is 66.9 Å². The van der Waals surface area contributed by atoms with Crippen molar-refractivity contribution >= 4 is 0 Å². The molecule has 0 aliphatic heterocycles. The number of aliphatic hydroxyl groups excluding tert-OH is 1. The molecule has 0 amide bonds. The number of rotatable bonds is 2. The van der Waals surface area contributed by atoms with Crippen molar-refractivity contribution in [2.45, 2.75) is 26.4 Å². The second-order valence-electron chi connectivity index (χ2n) is 2.80. The lowest BCUT2D eigenvalue weighted by Gasteiger charge is -2.05. The molecule has 0 unspecified atom stereocenters. The normalized spacial score (nSPS) is 13.0. The van der Waals surface area contributed by atoms with Crippen LogP contribution in [0.5, 0.6) is 0 Å². The Hall–Kier alpha value is -0.890. The fourth-order valence-corrected chi connectivity index (χ4v) is 1.05. The lowest BCUT2D eigenvalue weighted by atomic mass is 10.1. The third-order valence-electron chi connectivity index (χ3n) is 1.63. The Balaban J connectivity index is 2.78. The van der Waals surface area contributed by atoms with Crippen LogP contribution in [-0.2, 0) is 6.42 Å². The van der Waals surface area contributed by atoms with Gasteiger partial charge >= 0.3 is 0 Å². The minimum Gasteiger partial charge on any atom is -0.393 e. The third kappa shape index (κ3) is 2.31. The second kappa shape index (κ2) is 3.49. The first kappa shape index (κ1) is 8.21. The van der Waals surface area contributed by atoms with Gasteiger partial charge in [0.25, 0.3) is 0 Å². The van der Waals surface area contributed by atoms with E-state index in [0.717, 1.165) is 11.3 Å². The molecule has 0 aliphatic rings. The number of hydrogen-bond donors (Lipinski definition) is 1. The van der Waals surface area contributed by atoms with E-state index < -0.39 is 0 Å². The highest BCUT2D eigenvalue weighted by molar-refractivity contribution is 5.18. The molecule has 60 valence electrons. The zero-order valence-corrected chi connectivity index (χ0v) is 6.91. The summed E-state index contributed by atoms with van der Waals surface area (Å²) < 4.78 is 0. The molecule has 1 rings (SSSR count). The molecular formula is C9H13NO. The summed E-state index contributed by atoms with van der Waals surface area (Å²) in [5, 5.41) is 9.10. The van der Waals surface area contributed by atoms with Crippen LogP contribution >= 0.6 is 0 Å². The van der Waals surface area contributed by atoms with Gasteiger partial charge in [-0.1, -0.05) is 6.07 Å². The molecule has 1 aromatic heterocycles. The maximum atomic E-state index is 9.10. The summed E-state index contributed by atoms with van der Waals surface area (Å²) in [6.45, 7) is 3.74. The van der Waals surface area contributed by atoms with Crippen LogP contribution in [0.25, 0.3) is 0 Å². The van der Waals surface area contributed by atoms with Crippen LogP contribution in [0.2, 0.25) is 0 Å². The van der Waals surface area contributed by atoms with Crippen LogP contribution in [0.1, 0.15) is 18.2 Å². The molecule has 1 N–H and O–H groups in total. The van der Waals surface area contributed by atoms with E-state index in [-0.39, 0.29) is 6.10 Å². The molecule has 1 aromatic rings. The Morgan fingerprint density at radius 2 is 2.36 bits per heavy atom. The molecule has 0 bridgehead atoms. The molecule has 11 heavy (non-hydrogen) atoms. The molecule has 0 radical (unpaired) electrons. The maximum absolute atomic E-state index is 9.10. The number of aromatic nitrogens is 1. The van der Waals surface area contributed by atoms with E-state index in [1.54, 1.807) is 13.1 Å². The average molecular weight is 151 g/mol. The Bertz CT molecular complexity index is 233. The molecule has 0 saturated carbocycles. The Kier molecular flexibility index (Phi) is 2.60.